The summed E-state index contributed by atoms with van der Waals surface area (Å²) in [7, 11) is 0. The number of carbonyl (C=O) groups is 1. The van der Waals surface area contributed by atoms with Crippen LogP contribution in [0, 0.1) is 12.7 Å². The first-order valence-corrected chi connectivity index (χ1v) is 12.2. The lowest BCUT2D eigenvalue weighted by Crippen LogP contribution is -2.47. The van der Waals surface area contributed by atoms with E-state index >= 15 is 0 Å². The van der Waals surface area contributed by atoms with Gasteiger partial charge in [-0.15, -0.1) is 0 Å². The lowest BCUT2D eigenvalue weighted by atomic mass is 9.82. The van der Waals surface area contributed by atoms with Crippen LogP contribution < -0.4 is 11.3 Å². The Morgan fingerprint density at radius 3 is 2.77 bits per heavy atom. The maximum absolute atomic E-state index is 14.8. The number of aromatic nitrogens is 2. The number of carbonyl (C=O) groups excluding carboxylic acids is 1. The minimum absolute atomic E-state index is 0.0941. The quantitative estimate of drug-likeness (QED) is 0.450. The van der Waals surface area contributed by atoms with Gasteiger partial charge in [-0.05, 0) is 62.8 Å². The number of ether oxygens (including phenoxy) is 2. The molecule has 2 aliphatic heterocycles. The van der Waals surface area contributed by atoms with Gasteiger partial charge in [0.15, 0.2) is 5.60 Å². The molecule has 7 nitrogen and oxygen atoms in total. The number of rotatable bonds is 3. The summed E-state index contributed by atoms with van der Waals surface area (Å²) in [6.45, 7) is 7.57. The Labute approximate surface area is 202 Å². The van der Waals surface area contributed by atoms with Crippen LogP contribution in [0.1, 0.15) is 73.0 Å². The molecule has 3 aliphatic rings. The van der Waals surface area contributed by atoms with E-state index in [0.717, 1.165) is 22.1 Å². The number of benzene rings is 1. The fraction of sp³-hybridized carbons (Fsp3) is 0.444. The van der Waals surface area contributed by atoms with Crippen LogP contribution in [0.5, 0.6) is 0 Å². The second-order valence-electron chi connectivity index (χ2n) is 10.1. The molecule has 2 N–H and O–H groups in total. The molecule has 3 aromatic rings. The average molecular weight is 478 g/mol. The van der Waals surface area contributed by atoms with Gasteiger partial charge in [0, 0.05) is 28.6 Å². The highest BCUT2D eigenvalue weighted by Crippen LogP contribution is 2.46. The molecule has 1 aromatic carbocycles. The van der Waals surface area contributed by atoms with Gasteiger partial charge in [-0.25, -0.2) is 14.2 Å². The van der Waals surface area contributed by atoms with Gasteiger partial charge in [0.1, 0.15) is 12.4 Å². The SMILES string of the molecule is CCC1(OC(C)C)C(=O)OCc2c1cc1n(c2=O)Cc2c-1nc1cc(F)c(C)c3c1c2[C@@H](N)CC3. The molecule has 2 aromatic heterocycles. The molecule has 1 unspecified atom stereocenters. The molecule has 0 amide bonds. The lowest BCUT2D eigenvalue weighted by Gasteiger charge is -2.37. The number of halogens is 1. The first-order chi connectivity index (χ1) is 16.7. The number of nitrogens with two attached hydrogens (primary N) is 1. The number of aryl methyl sites for hydroxylation is 1. The smallest absolute Gasteiger partial charge is 0.343 e. The zero-order valence-corrected chi connectivity index (χ0v) is 20.3. The largest absolute Gasteiger partial charge is 0.458 e. The molecular weight excluding hydrogens is 449 g/mol. The third-order valence-electron chi connectivity index (χ3n) is 7.83. The van der Waals surface area contributed by atoms with E-state index in [4.69, 9.17) is 20.2 Å². The molecule has 0 bridgehead atoms. The van der Waals surface area contributed by atoms with Crippen LogP contribution in [0.25, 0.3) is 22.3 Å². The second-order valence-corrected chi connectivity index (χ2v) is 10.1. The zero-order chi connectivity index (χ0) is 24.8. The summed E-state index contributed by atoms with van der Waals surface area (Å²) in [6.07, 6.45) is 1.46. The van der Waals surface area contributed by atoms with E-state index in [1.54, 1.807) is 11.5 Å². The summed E-state index contributed by atoms with van der Waals surface area (Å²) in [5.74, 6) is -0.783. The molecule has 0 saturated carbocycles. The topological polar surface area (TPSA) is 96.4 Å². The number of fused-ring (bicyclic) bond motifs is 5. The van der Waals surface area contributed by atoms with E-state index in [1.807, 2.05) is 26.8 Å². The van der Waals surface area contributed by atoms with Crippen molar-refractivity contribution in [2.75, 3.05) is 0 Å². The summed E-state index contributed by atoms with van der Waals surface area (Å²) < 4.78 is 28.1. The van der Waals surface area contributed by atoms with E-state index in [1.165, 1.54) is 6.07 Å². The number of esters is 1. The van der Waals surface area contributed by atoms with Gasteiger partial charge in [-0.3, -0.25) is 4.79 Å². The molecular formula is C27H28FN3O4. The molecule has 35 heavy (non-hydrogen) atoms. The van der Waals surface area contributed by atoms with E-state index in [2.05, 4.69) is 0 Å². The molecule has 182 valence electrons. The molecule has 2 atom stereocenters. The molecule has 0 saturated heterocycles. The van der Waals surface area contributed by atoms with Gasteiger partial charge < -0.3 is 19.8 Å². The van der Waals surface area contributed by atoms with Gasteiger partial charge in [0.25, 0.3) is 5.56 Å². The van der Waals surface area contributed by atoms with E-state index in [0.29, 0.717) is 59.4 Å². The standard InChI is InChI=1S/C27H28FN3O4/c1-5-27(35-12(2)3)17-8-21-24-15(10-31(21)25(32)16(17)11-34-26(27)33)22-19(29)7-6-14-13(4)18(28)9-20(30-24)23(14)22/h8-9,12,19H,5-7,10-11,29H2,1-4H3/t19-,27?/m0/s1. The molecule has 6 rings (SSSR count). The Hall–Kier alpha value is -3.10. The monoisotopic (exact) mass is 477 g/mol. The van der Waals surface area contributed by atoms with Crippen molar-refractivity contribution in [2.45, 2.75) is 77.9 Å². The van der Waals surface area contributed by atoms with Crippen molar-refractivity contribution in [2.24, 2.45) is 5.73 Å². The van der Waals surface area contributed by atoms with Crippen molar-refractivity contribution in [3.05, 3.63) is 61.7 Å². The van der Waals surface area contributed by atoms with Crippen LogP contribution in [0.4, 0.5) is 4.39 Å². The van der Waals surface area contributed by atoms with E-state index in [9.17, 15) is 14.0 Å². The summed E-state index contributed by atoms with van der Waals surface area (Å²) in [4.78, 5) is 31.6. The van der Waals surface area contributed by atoms with Crippen LogP contribution >= 0.6 is 0 Å². The number of hydrogen-bond acceptors (Lipinski definition) is 6. The van der Waals surface area contributed by atoms with Crippen molar-refractivity contribution in [1.29, 1.82) is 0 Å². The summed E-state index contributed by atoms with van der Waals surface area (Å²) in [5.41, 5.74) is 11.2. The number of nitrogens with zero attached hydrogens (tertiary/aromatic N) is 2. The van der Waals surface area contributed by atoms with Crippen molar-refractivity contribution >= 4 is 16.9 Å². The summed E-state index contributed by atoms with van der Waals surface area (Å²) in [6, 6.07) is 3.08. The number of cyclic esters (lactones) is 1. The molecule has 1 aliphatic carbocycles. The maximum Gasteiger partial charge on any atom is 0.343 e. The van der Waals surface area contributed by atoms with Gasteiger partial charge in [-0.1, -0.05) is 6.92 Å². The van der Waals surface area contributed by atoms with Crippen molar-refractivity contribution in [3.63, 3.8) is 0 Å². The highest BCUT2D eigenvalue weighted by molar-refractivity contribution is 5.93. The Kier molecular flexibility index (Phi) is 4.76. The van der Waals surface area contributed by atoms with Gasteiger partial charge in [-0.2, -0.15) is 0 Å². The van der Waals surface area contributed by atoms with Gasteiger partial charge in [0.2, 0.25) is 0 Å². The minimum atomic E-state index is -1.36. The van der Waals surface area contributed by atoms with E-state index in [-0.39, 0.29) is 30.1 Å². The minimum Gasteiger partial charge on any atom is -0.458 e. The third-order valence-corrected chi connectivity index (χ3v) is 7.83. The fourth-order valence-corrected chi connectivity index (χ4v) is 6.18. The Morgan fingerprint density at radius 1 is 1.29 bits per heavy atom. The first kappa shape index (κ1) is 22.4. The van der Waals surface area contributed by atoms with Crippen LogP contribution in [0.3, 0.4) is 0 Å². The second kappa shape index (κ2) is 7.45. The average Bonchev–Trinajstić information content (AvgIpc) is 3.18. The molecule has 0 spiro atoms. The number of hydrogen-bond donors (Lipinski definition) is 1. The normalized spacial score (nSPS) is 22.3. The molecule has 8 heteroatoms. The first-order valence-electron chi connectivity index (χ1n) is 12.2. The van der Waals surface area contributed by atoms with Crippen LogP contribution in [0.15, 0.2) is 16.9 Å². The highest BCUT2D eigenvalue weighted by Gasteiger charge is 2.49. The van der Waals surface area contributed by atoms with Crippen molar-refractivity contribution in [1.82, 2.24) is 9.55 Å². The molecule has 0 radical (unpaired) electrons. The predicted molar refractivity (Wildman–Crippen MR) is 128 cm³/mol. The number of pyridine rings is 2. The van der Waals surface area contributed by atoms with Gasteiger partial charge >= 0.3 is 5.97 Å². The molecule has 4 heterocycles. The Bertz CT molecular complexity index is 1510. The molecule has 0 fully saturated rings. The Morgan fingerprint density at radius 2 is 2.06 bits per heavy atom. The van der Waals surface area contributed by atoms with Crippen LogP contribution in [-0.4, -0.2) is 21.6 Å². The lowest BCUT2D eigenvalue weighted by molar-refractivity contribution is -0.187. The summed E-state index contributed by atoms with van der Waals surface area (Å²) >= 11 is 0. The Balaban J connectivity index is 1.67. The third kappa shape index (κ3) is 2.87. The van der Waals surface area contributed by atoms with Crippen molar-refractivity contribution < 1.29 is 18.7 Å². The van der Waals surface area contributed by atoms with Crippen LogP contribution in [0.2, 0.25) is 0 Å². The highest BCUT2D eigenvalue weighted by atomic mass is 19.1. The van der Waals surface area contributed by atoms with Crippen LogP contribution in [-0.2, 0) is 39.4 Å². The fourth-order valence-electron chi connectivity index (χ4n) is 6.18. The zero-order valence-electron chi connectivity index (χ0n) is 20.3. The summed E-state index contributed by atoms with van der Waals surface area (Å²) in [5, 5.41) is 0.913. The maximum atomic E-state index is 14.8. The predicted octanol–water partition coefficient (Wildman–Crippen LogP) is 3.91. The van der Waals surface area contributed by atoms with Crippen molar-refractivity contribution in [3.8, 4) is 11.4 Å². The van der Waals surface area contributed by atoms with E-state index < -0.39 is 11.6 Å². The van der Waals surface area contributed by atoms with Gasteiger partial charge in [0.05, 0.1) is 35.1 Å².